The number of hydrazone groups is 1. The monoisotopic (exact) mass is 480 g/mol. The molecule has 1 aromatic heterocycles. The number of carbonyl (C=O) groups is 2. The molecule has 2 aromatic carbocycles. The Morgan fingerprint density at radius 3 is 2.68 bits per heavy atom. The molecule has 176 valence electrons. The van der Waals surface area contributed by atoms with Gasteiger partial charge in [0.25, 0.3) is 11.8 Å². The highest BCUT2D eigenvalue weighted by molar-refractivity contribution is 6.30. The second-order valence-electron chi connectivity index (χ2n) is 7.68. The van der Waals surface area contributed by atoms with Gasteiger partial charge >= 0.3 is 0 Å². The van der Waals surface area contributed by atoms with Crippen LogP contribution >= 0.6 is 11.6 Å². The number of ether oxygens (including phenoxy) is 1. The van der Waals surface area contributed by atoms with Crippen LogP contribution in [0, 0.1) is 0 Å². The van der Waals surface area contributed by atoms with E-state index in [9.17, 15) is 9.59 Å². The van der Waals surface area contributed by atoms with Gasteiger partial charge in [0.2, 0.25) is 0 Å². The first-order valence-corrected chi connectivity index (χ1v) is 11.2. The molecule has 34 heavy (non-hydrogen) atoms. The average molecular weight is 481 g/mol. The van der Waals surface area contributed by atoms with Crippen LogP contribution in [0.1, 0.15) is 34.1 Å². The fraction of sp³-hybridized carbons (Fsp3) is 0.240. The lowest BCUT2D eigenvalue weighted by atomic mass is 10.0. The van der Waals surface area contributed by atoms with Crippen LogP contribution in [-0.4, -0.2) is 49.3 Å². The van der Waals surface area contributed by atoms with Crippen LogP contribution in [0.5, 0.6) is 0 Å². The van der Waals surface area contributed by atoms with Crippen molar-refractivity contribution in [1.82, 2.24) is 10.3 Å². The van der Waals surface area contributed by atoms with Crippen molar-refractivity contribution < 1.29 is 18.7 Å². The molecular formula is C25H25ClN4O4. The molecule has 0 aliphatic carbocycles. The number of hydrogen-bond acceptors (Lipinski definition) is 6. The number of nitrogens with zero attached hydrogens (tertiary/aromatic N) is 2. The lowest BCUT2D eigenvalue weighted by Gasteiger charge is -2.20. The quantitative estimate of drug-likeness (QED) is 0.449. The maximum absolute atomic E-state index is 13.2. The number of benzene rings is 2. The zero-order chi connectivity index (χ0) is 23.9. The first-order valence-electron chi connectivity index (χ1n) is 10.9. The molecule has 0 radical (unpaired) electrons. The van der Waals surface area contributed by atoms with E-state index in [0.29, 0.717) is 41.6 Å². The van der Waals surface area contributed by atoms with E-state index in [1.807, 2.05) is 18.2 Å². The third-order valence-corrected chi connectivity index (χ3v) is 5.66. The fourth-order valence-electron chi connectivity index (χ4n) is 3.71. The lowest BCUT2D eigenvalue weighted by molar-refractivity contribution is -0.131. The molecule has 2 amide bonds. The predicted octanol–water partition coefficient (Wildman–Crippen LogP) is 4.10. The Morgan fingerprint density at radius 2 is 1.94 bits per heavy atom. The van der Waals surface area contributed by atoms with Gasteiger partial charge in [0, 0.05) is 30.8 Å². The first kappa shape index (κ1) is 23.5. The molecule has 0 bridgehead atoms. The lowest BCUT2D eigenvalue weighted by Crippen LogP contribution is -2.33. The number of para-hydroxylation sites is 1. The Kier molecular flexibility index (Phi) is 7.61. The smallest absolute Gasteiger partial charge is 0.262 e. The fourth-order valence-corrected chi connectivity index (χ4v) is 3.83. The van der Waals surface area contributed by atoms with Crippen LogP contribution in [0.2, 0.25) is 5.02 Å². The van der Waals surface area contributed by atoms with Crippen molar-refractivity contribution in [2.75, 3.05) is 32.1 Å². The average Bonchev–Trinajstić information content (AvgIpc) is 3.53. The number of halogens is 1. The number of carbonyl (C=O) groups excluding carboxylic acids is 2. The van der Waals surface area contributed by atoms with Gasteiger partial charge in [-0.3, -0.25) is 9.59 Å². The number of methoxy groups -OCH3 is 1. The van der Waals surface area contributed by atoms with Crippen LogP contribution in [0.3, 0.4) is 0 Å². The van der Waals surface area contributed by atoms with E-state index in [1.165, 1.54) is 5.01 Å². The van der Waals surface area contributed by atoms with Gasteiger partial charge in [-0.25, -0.2) is 5.01 Å². The molecule has 0 spiro atoms. The number of amides is 2. The highest BCUT2D eigenvalue weighted by Crippen LogP contribution is 2.33. The first-order chi connectivity index (χ1) is 16.6. The molecule has 8 nitrogen and oxygen atoms in total. The van der Waals surface area contributed by atoms with E-state index in [1.54, 1.807) is 55.8 Å². The Balaban J connectivity index is 1.50. The zero-order valence-corrected chi connectivity index (χ0v) is 19.4. The molecule has 2 N–H and O–H groups in total. The van der Waals surface area contributed by atoms with Crippen molar-refractivity contribution in [3.63, 3.8) is 0 Å². The summed E-state index contributed by atoms with van der Waals surface area (Å²) in [7, 11) is 1.57. The van der Waals surface area contributed by atoms with Crippen molar-refractivity contribution in [2.45, 2.75) is 12.5 Å². The third kappa shape index (κ3) is 5.47. The summed E-state index contributed by atoms with van der Waals surface area (Å²) in [5, 5.41) is 12.6. The molecule has 9 heteroatoms. The molecule has 2 heterocycles. The van der Waals surface area contributed by atoms with Crippen LogP contribution < -0.4 is 10.6 Å². The largest absolute Gasteiger partial charge is 0.467 e. The summed E-state index contributed by atoms with van der Waals surface area (Å²) in [4.78, 5) is 25.8. The Hall–Kier alpha value is -3.62. The molecule has 4 rings (SSSR count). The van der Waals surface area contributed by atoms with Gasteiger partial charge in [-0.05, 0) is 42.0 Å². The van der Waals surface area contributed by atoms with Gasteiger partial charge in [0.1, 0.15) is 11.8 Å². The van der Waals surface area contributed by atoms with Crippen molar-refractivity contribution in [3.05, 3.63) is 88.8 Å². The third-order valence-electron chi connectivity index (χ3n) is 5.41. The second kappa shape index (κ2) is 11.0. The van der Waals surface area contributed by atoms with Crippen LogP contribution in [0.15, 0.2) is 76.4 Å². The Bertz CT molecular complexity index is 1160. The molecule has 1 unspecified atom stereocenters. The van der Waals surface area contributed by atoms with Gasteiger partial charge < -0.3 is 19.8 Å². The van der Waals surface area contributed by atoms with E-state index in [2.05, 4.69) is 15.7 Å². The van der Waals surface area contributed by atoms with E-state index >= 15 is 0 Å². The SMILES string of the molecule is COCCNC(=O)c1ccccc1NCC(=O)N1N=C(c2ccc(Cl)cc2)CC1c1ccco1. The minimum absolute atomic E-state index is 0.0447. The van der Waals surface area contributed by atoms with Gasteiger partial charge in [-0.2, -0.15) is 5.10 Å². The van der Waals surface area contributed by atoms with Crippen LogP contribution in [-0.2, 0) is 9.53 Å². The van der Waals surface area contributed by atoms with Gasteiger partial charge in [-0.15, -0.1) is 0 Å². The molecule has 0 saturated heterocycles. The van der Waals surface area contributed by atoms with Crippen molar-refractivity contribution in [1.29, 1.82) is 0 Å². The van der Waals surface area contributed by atoms with Crippen molar-refractivity contribution >= 4 is 34.8 Å². The molecule has 0 fully saturated rings. The number of hydrogen-bond donors (Lipinski definition) is 2. The minimum atomic E-state index is -0.359. The minimum Gasteiger partial charge on any atom is -0.467 e. The molecule has 1 aliphatic heterocycles. The van der Waals surface area contributed by atoms with E-state index in [-0.39, 0.29) is 24.4 Å². The normalized spacial score (nSPS) is 15.2. The molecule has 0 saturated carbocycles. The summed E-state index contributed by atoms with van der Waals surface area (Å²) in [5.41, 5.74) is 2.66. The Labute approximate surface area is 202 Å². The van der Waals surface area contributed by atoms with Crippen LogP contribution in [0.4, 0.5) is 5.69 Å². The maximum atomic E-state index is 13.2. The number of rotatable bonds is 9. The summed E-state index contributed by atoms with van der Waals surface area (Å²) in [6.07, 6.45) is 2.09. The Morgan fingerprint density at radius 1 is 1.15 bits per heavy atom. The molecule has 1 aliphatic rings. The highest BCUT2D eigenvalue weighted by atomic mass is 35.5. The predicted molar refractivity (Wildman–Crippen MR) is 130 cm³/mol. The van der Waals surface area contributed by atoms with Crippen molar-refractivity contribution in [2.24, 2.45) is 5.10 Å². The van der Waals surface area contributed by atoms with Crippen molar-refractivity contribution in [3.8, 4) is 0 Å². The summed E-state index contributed by atoms with van der Waals surface area (Å²) >= 11 is 6.01. The van der Waals surface area contributed by atoms with Crippen LogP contribution in [0.25, 0.3) is 0 Å². The summed E-state index contributed by atoms with van der Waals surface area (Å²) in [6.45, 7) is 0.761. The standard InChI is InChI=1S/C25H25ClN4O4/c1-33-14-12-27-25(32)19-5-2-3-6-20(19)28-16-24(31)30-22(23-7-4-13-34-23)15-21(29-30)17-8-10-18(26)11-9-17/h2-11,13,22,28H,12,14-16H2,1H3,(H,27,32). The number of furan rings is 1. The molecule has 1 atom stereocenters. The number of anilines is 1. The zero-order valence-electron chi connectivity index (χ0n) is 18.7. The summed E-state index contributed by atoms with van der Waals surface area (Å²) in [6, 6.07) is 17.6. The summed E-state index contributed by atoms with van der Waals surface area (Å²) < 4.78 is 10.6. The van der Waals surface area contributed by atoms with Gasteiger partial charge in [0.05, 0.1) is 30.7 Å². The maximum Gasteiger partial charge on any atom is 0.262 e. The van der Waals surface area contributed by atoms with Gasteiger partial charge in [-0.1, -0.05) is 35.9 Å². The highest BCUT2D eigenvalue weighted by Gasteiger charge is 2.34. The van der Waals surface area contributed by atoms with Gasteiger partial charge in [0.15, 0.2) is 0 Å². The van der Waals surface area contributed by atoms with E-state index in [0.717, 1.165) is 11.3 Å². The number of nitrogens with one attached hydrogen (secondary N) is 2. The van der Waals surface area contributed by atoms with E-state index < -0.39 is 0 Å². The second-order valence-corrected chi connectivity index (χ2v) is 8.11. The topological polar surface area (TPSA) is 96.2 Å². The molecular weight excluding hydrogens is 456 g/mol. The van der Waals surface area contributed by atoms with E-state index in [4.69, 9.17) is 20.8 Å². The molecule has 3 aromatic rings. The summed E-state index contributed by atoms with van der Waals surface area (Å²) in [5.74, 6) is 0.157.